The van der Waals surface area contributed by atoms with E-state index in [1.54, 1.807) is 12.1 Å². The Labute approximate surface area is 119 Å². The maximum absolute atomic E-state index is 10.9. The van der Waals surface area contributed by atoms with Crippen LogP contribution in [-0.2, 0) is 6.54 Å². The van der Waals surface area contributed by atoms with Crippen LogP contribution in [0.15, 0.2) is 35.1 Å². The second-order valence-corrected chi connectivity index (χ2v) is 4.47. The van der Waals surface area contributed by atoms with Gasteiger partial charge in [0.1, 0.15) is 12.1 Å². The molecular weight excluding hydrogens is 274 g/mol. The SMILES string of the molecule is Cc1cc(CNc2ncnc3ccc([N+](=O)[O-])cc23)on1. The van der Waals surface area contributed by atoms with E-state index in [9.17, 15) is 10.1 Å². The monoisotopic (exact) mass is 285 g/mol. The molecule has 106 valence electrons. The molecule has 0 fully saturated rings. The zero-order chi connectivity index (χ0) is 14.8. The Bertz CT molecular complexity index is 814. The van der Waals surface area contributed by atoms with Crippen LogP contribution in [-0.4, -0.2) is 20.0 Å². The van der Waals surface area contributed by atoms with Crippen molar-refractivity contribution in [2.75, 3.05) is 5.32 Å². The van der Waals surface area contributed by atoms with E-state index >= 15 is 0 Å². The highest BCUT2D eigenvalue weighted by Gasteiger charge is 2.11. The zero-order valence-corrected chi connectivity index (χ0v) is 11.1. The number of anilines is 1. The minimum absolute atomic E-state index is 0.00383. The third-order valence-electron chi connectivity index (χ3n) is 2.94. The van der Waals surface area contributed by atoms with Crippen LogP contribution >= 0.6 is 0 Å². The highest BCUT2D eigenvalue weighted by atomic mass is 16.6. The molecule has 8 heteroatoms. The van der Waals surface area contributed by atoms with E-state index in [-0.39, 0.29) is 5.69 Å². The summed E-state index contributed by atoms with van der Waals surface area (Å²) in [7, 11) is 0. The summed E-state index contributed by atoms with van der Waals surface area (Å²) in [6, 6.07) is 6.26. The summed E-state index contributed by atoms with van der Waals surface area (Å²) >= 11 is 0. The van der Waals surface area contributed by atoms with Gasteiger partial charge in [0.25, 0.3) is 5.69 Å². The van der Waals surface area contributed by atoms with E-state index in [0.29, 0.717) is 29.0 Å². The molecule has 0 aliphatic heterocycles. The highest BCUT2D eigenvalue weighted by molar-refractivity contribution is 5.90. The zero-order valence-electron chi connectivity index (χ0n) is 11.1. The molecule has 0 saturated heterocycles. The number of nitro benzene ring substituents is 1. The molecular formula is C13H11N5O3. The van der Waals surface area contributed by atoms with E-state index in [2.05, 4.69) is 20.4 Å². The van der Waals surface area contributed by atoms with Crippen molar-refractivity contribution in [1.29, 1.82) is 0 Å². The summed E-state index contributed by atoms with van der Waals surface area (Å²) in [6.45, 7) is 2.21. The number of nitrogens with zero attached hydrogens (tertiary/aromatic N) is 4. The van der Waals surface area contributed by atoms with Crippen LogP contribution < -0.4 is 5.32 Å². The third kappa shape index (κ3) is 2.64. The van der Waals surface area contributed by atoms with Crippen LogP contribution in [0.2, 0.25) is 0 Å². The molecule has 0 unspecified atom stereocenters. The first-order chi connectivity index (χ1) is 10.1. The molecule has 0 saturated carbocycles. The Morgan fingerprint density at radius 3 is 2.90 bits per heavy atom. The fourth-order valence-corrected chi connectivity index (χ4v) is 1.97. The summed E-state index contributed by atoms with van der Waals surface area (Å²) in [4.78, 5) is 18.6. The Balaban J connectivity index is 1.93. The van der Waals surface area contributed by atoms with Gasteiger partial charge in [-0.3, -0.25) is 10.1 Å². The van der Waals surface area contributed by atoms with Gasteiger partial charge in [0, 0.05) is 23.6 Å². The van der Waals surface area contributed by atoms with Crippen molar-refractivity contribution in [1.82, 2.24) is 15.1 Å². The van der Waals surface area contributed by atoms with Gasteiger partial charge in [-0.05, 0) is 13.0 Å². The lowest BCUT2D eigenvalue weighted by atomic mass is 10.2. The number of aryl methyl sites for hydroxylation is 1. The van der Waals surface area contributed by atoms with E-state index < -0.39 is 4.92 Å². The van der Waals surface area contributed by atoms with Gasteiger partial charge in [0.05, 0.1) is 22.7 Å². The molecule has 0 atom stereocenters. The number of rotatable bonds is 4. The lowest BCUT2D eigenvalue weighted by Gasteiger charge is -2.06. The van der Waals surface area contributed by atoms with Crippen LogP contribution in [0, 0.1) is 17.0 Å². The minimum Gasteiger partial charge on any atom is -0.362 e. The van der Waals surface area contributed by atoms with Crippen molar-refractivity contribution in [3.05, 3.63) is 52.2 Å². The van der Waals surface area contributed by atoms with Gasteiger partial charge in [-0.15, -0.1) is 0 Å². The fourth-order valence-electron chi connectivity index (χ4n) is 1.97. The highest BCUT2D eigenvalue weighted by Crippen LogP contribution is 2.24. The van der Waals surface area contributed by atoms with Gasteiger partial charge in [-0.1, -0.05) is 5.16 Å². The summed E-state index contributed by atoms with van der Waals surface area (Å²) in [5, 5.41) is 18.3. The van der Waals surface area contributed by atoms with Gasteiger partial charge in [-0.25, -0.2) is 9.97 Å². The molecule has 0 spiro atoms. The molecule has 2 heterocycles. The first kappa shape index (κ1) is 13.0. The Morgan fingerprint density at radius 2 is 2.19 bits per heavy atom. The molecule has 3 rings (SSSR count). The molecule has 21 heavy (non-hydrogen) atoms. The van der Waals surface area contributed by atoms with Gasteiger partial charge in [-0.2, -0.15) is 0 Å². The summed E-state index contributed by atoms with van der Waals surface area (Å²) in [5.74, 6) is 1.17. The molecule has 0 amide bonds. The number of non-ortho nitro benzene ring substituents is 1. The number of hydrogen-bond acceptors (Lipinski definition) is 7. The average Bonchev–Trinajstić information content (AvgIpc) is 2.90. The third-order valence-corrected chi connectivity index (χ3v) is 2.94. The van der Waals surface area contributed by atoms with Crippen molar-refractivity contribution in [2.45, 2.75) is 13.5 Å². The van der Waals surface area contributed by atoms with Crippen LogP contribution in [0.3, 0.4) is 0 Å². The smallest absolute Gasteiger partial charge is 0.270 e. The van der Waals surface area contributed by atoms with Crippen LogP contribution in [0.5, 0.6) is 0 Å². The van der Waals surface area contributed by atoms with Crippen molar-refractivity contribution in [3.8, 4) is 0 Å². The first-order valence-electron chi connectivity index (χ1n) is 6.19. The second kappa shape index (κ2) is 5.16. The van der Waals surface area contributed by atoms with Crippen LogP contribution in [0.4, 0.5) is 11.5 Å². The fraction of sp³-hybridized carbons (Fsp3) is 0.154. The van der Waals surface area contributed by atoms with E-state index in [1.165, 1.54) is 18.5 Å². The Morgan fingerprint density at radius 1 is 1.33 bits per heavy atom. The Kier molecular flexibility index (Phi) is 3.19. The predicted molar refractivity (Wildman–Crippen MR) is 74.8 cm³/mol. The average molecular weight is 285 g/mol. The number of aromatic nitrogens is 3. The van der Waals surface area contributed by atoms with Crippen molar-refractivity contribution in [3.63, 3.8) is 0 Å². The Hall–Kier alpha value is -3.03. The lowest BCUT2D eigenvalue weighted by Crippen LogP contribution is -2.02. The quantitative estimate of drug-likeness (QED) is 0.579. The molecule has 0 bridgehead atoms. The molecule has 0 radical (unpaired) electrons. The predicted octanol–water partition coefficient (Wildman–Crippen LogP) is 2.45. The molecule has 2 aromatic heterocycles. The lowest BCUT2D eigenvalue weighted by molar-refractivity contribution is -0.384. The number of benzene rings is 1. The van der Waals surface area contributed by atoms with E-state index in [4.69, 9.17) is 4.52 Å². The van der Waals surface area contributed by atoms with E-state index in [1.807, 2.05) is 6.92 Å². The maximum atomic E-state index is 10.9. The normalized spacial score (nSPS) is 10.7. The molecule has 0 aliphatic carbocycles. The number of hydrogen-bond donors (Lipinski definition) is 1. The van der Waals surface area contributed by atoms with Crippen molar-refractivity contribution in [2.24, 2.45) is 0 Å². The van der Waals surface area contributed by atoms with Gasteiger partial charge >= 0.3 is 0 Å². The molecule has 1 N–H and O–H groups in total. The number of nitrogens with one attached hydrogen (secondary N) is 1. The molecule has 1 aromatic carbocycles. The van der Waals surface area contributed by atoms with Crippen molar-refractivity contribution >= 4 is 22.4 Å². The summed E-state index contributed by atoms with van der Waals surface area (Å²) in [5.41, 5.74) is 1.41. The van der Waals surface area contributed by atoms with Gasteiger partial charge in [0.15, 0.2) is 5.76 Å². The number of fused-ring (bicyclic) bond motifs is 1. The number of nitro groups is 1. The standard InChI is InChI=1S/C13H11N5O3/c1-8-4-10(21-17-8)6-14-13-11-5-9(18(19)20)2-3-12(11)15-7-16-13/h2-5,7H,6H2,1H3,(H,14,15,16). The minimum atomic E-state index is -0.448. The van der Waals surface area contributed by atoms with Gasteiger partial charge in [0.2, 0.25) is 0 Å². The van der Waals surface area contributed by atoms with E-state index in [0.717, 1.165) is 5.69 Å². The summed E-state index contributed by atoms with van der Waals surface area (Å²) < 4.78 is 5.10. The van der Waals surface area contributed by atoms with Crippen LogP contribution in [0.1, 0.15) is 11.5 Å². The second-order valence-electron chi connectivity index (χ2n) is 4.47. The van der Waals surface area contributed by atoms with Crippen LogP contribution in [0.25, 0.3) is 10.9 Å². The van der Waals surface area contributed by atoms with Gasteiger partial charge < -0.3 is 9.84 Å². The molecule has 8 nitrogen and oxygen atoms in total. The molecule has 3 aromatic rings. The first-order valence-corrected chi connectivity index (χ1v) is 6.19. The van der Waals surface area contributed by atoms with Crippen molar-refractivity contribution < 1.29 is 9.45 Å². The topological polar surface area (TPSA) is 107 Å². The largest absolute Gasteiger partial charge is 0.362 e. The molecule has 0 aliphatic rings. The maximum Gasteiger partial charge on any atom is 0.270 e. The summed E-state index contributed by atoms with van der Waals surface area (Å²) in [6.07, 6.45) is 1.40.